The molecule has 0 bridgehead atoms. The lowest BCUT2D eigenvalue weighted by molar-refractivity contribution is -0.384. The van der Waals surface area contributed by atoms with Crippen molar-refractivity contribution in [1.82, 2.24) is 10.2 Å². The van der Waals surface area contributed by atoms with Gasteiger partial charge in [0.1, 0.15) is 27.9 Å². The number of hydrogen-bond donors (Lipinski definition) is 1. The summed E-state index contributed by atoms with van der Waals surface area (Å²) < 4.78 is 21.7. The van der Waals surface area contributed by atoms with Gasteiger partial charge in [-0.05, 0) is 42.1 Å². The fourth-order valence-corrected chi connectivity index (χ4v) is 3.73. The summed E-state index contributed by atoms with van der Waals surface area (Å²) in [4.78, 5) is 22.4. The maximum absolute atomic E-state index is 11.8. The first-order valence-electron chi connectivity index (χ1n) is 9.91. The minimum absolute atomic E-state index is 0.0130. The Morgan fingerprint density at radius 1 is 1.06 bits per heavy atom. The third-order valence-corrected chi connectivity index (χ3v) is 5.53. The normalized spacial score (nSPS) is 11.3. The molecule has 0 spiro atoms. The summed E-state index contributed by atoms with van der Waals surface area (Å²) in [6, 6.07) is 14.2. The van der Waals surface area contributed by atoms with Crippen LogP contribution in [0.3, 0.4) is 0 Å². The van der Waals surface area contributed by atoms with Crippen LogP contribution < -0.4 is 9.47 Å². The predicted molar refractivity (Wildman–Crippen MR) is 125 cm³/mol. The Bertz CT molecular complexity index is 1400. The van der Waals surface area contributed by atoms with Crippen LogP contribution in [-0.2, 0) is 4.79 Å². The van der Waals surface area contributed by atoms with E-state index in [9.17, 15) is 20.0 Å². The molecule has 0 fully saturated rings. The highest BCUT2D eigenvalue weighted by atomic mass is 32.2. The molecule has 0 saturated heterocycles. The van der Waals surface area contributed by atoms with Gasteiger partial charge < -0.3 is 23.4 Å². The van der Waals surface area contributed by atoms with Crippen molar-refractivity contribution >= 4 is 29.5 Å². The highest BCUT2D eigenvalue weighted by Crippen LogP contribution is 2.35. The molecule has 0 aliphatic heterocycles. The minimum Gasteiger partial charge on any atom is -0.497 e. The molecule has 11 nitrogen and oxygen atoms in total. The summed E-state index contributed by atoms with van der Waals surface area (Å²) in [7, 11) is 3.02. The van der Waals surface area contributed by atoms with Crippen molar-refractivity contribution in [2.24, 2.45) is 0 Å². The Balaban J connectivity index is 1.59. The van der Waals surface area contributed by atoms with Crippen LogP contribution in [0.1, 0.15) is 5.76 Å². The maximum Gasteiger partial charge on any atom is 0.342 e. The fourth-order valence-electron chi connectivity index (χ4n) is 3.07. The smallest absolute Gasteiger partial charge is 0.342 e. The van der Waals surface area contributed by atoms with Crippen molar-refractivity contribution in [3.63, 3.8) is 0 Å². The van der Waals surface area contributed by atoms with Gasteiger partial charge in [0, 0.05) is 23.8 Å². The number of hydrogen-bond acceptors (Lipinski definition) is 10. The highest BCUT2D eigenvalue weighted by Gasteiger charge is 2.20. The number of methoxy groups -OCH3 is 2. The zero-order chi connectivity index (χ0) is 24.9. The first-order chi connectivity index (χ1) is 16.9. The number of aromatic nitrogens is 2. The number of benzene rings is 2. The number of nitro groups is 1. The van der Waals surface area contributed by atoms with E-state index in [1.54, 1.807) is 36.4 Å². The molecule has 0 aliphatic rings. The van der Waals surface area contributed by atoms with Crippen LogP contribution in [0.5, 0.6) is 11.5 Å². The molecular formula is C23H17N3O8S. The van der Waals surface area contributed by atoms with Gasteiger partial charge in [-0.3, -0.25) is 10.1 Å². The van der Waals surface area contributed by atoms with Gasteiger partial charge in [0.25, 0.3) is 10.9 Å². The molecule has 178 valence electrons. The summed E-state index contributed by atoms with van der Waals surface area (Å²) in [5, 5.41) is 28.8. The number of nitrogens with zero attached hydrogens (tertiary/aromatic N) is 3. The van der Waals surface area contributed by atoms with E-state index in [-0.39, 0.29) is 38.8 Å². The molecule has 4 aromatic rings. The Morgan fingerprint density at radius 2 is 1.77 bits per heavy atom. The highest BCUT2D eigenvalue weighted by molar-refractivity contribution is 8.03. The van der Waals surface area contributed by atoms with Crippen LogP contribution in [0.2, 0.25) is 0 Å². The predicted octanol–water partition coefficient (Wildman–Crippen LogP) is 5.14. The van der Waals surface area contributed by atoms with Crippen molar-refractivity contribution < 1.29 is 33.1 Å². The van der Waals surface area contributed by atoms with Gasteiger partial charge in [0.05, 0.1) is 24.7 Å². The first kappa shape index (κ1) is 23.6. The first-order valence-corrected chi connectivity index (χ1v) is 10.7. The Hall–Kier alpha value is -4.58. The quantitative estimate of drug-likeness (QED) is 0.142. The Morgan fingerprint density at radius 3 is 2.43 bits per heavy atom. The molecule has 0 radical (unpaired) electrons. The van der Waals surface area contributed by atoms with Crippen LogP contribution in [0, 0.1) is 10.1 Å². The number of nitro benzene ring substituents is 1. The summed E-state index contributed by atoms with van der Waals surface area (Å²) >= 11 is 0.731. The summed E-state index contributed by atoms with van der Waals surface area (Å²) in [6.07, 6.45) is 1.27. The molecule has 0 atom stereocenters. The molecule has 0 amide bonds. The molecule has 2 aromatic heterocycles. The van der Waals surface area contributed by atoms with Gasteiger partial charge in [-0.15, -0.1) is 10.2 Å². The summed E-state index contributed by atoms with van der Waals surface area (Å²) in [5.74, 6) is 0.341. The number of carbonyl (C=O) groups is 1. The second-order valence-electron chi connectivity index (χ2n) is 6.87. The fraction of sp³-hybridized carbons (Fsp3) is 0.0870. The SMILES string of the molecule is COc1cc(OC)cc(-c2nnc(S/C(=C\c3ccc(-c4ccccc4[N+](=O)[O-])o3)C(=O)O)o2)c1. The lowest BCUT2D eigenvalue weighted by atomic mass is 10.1. The van der Waals surface area contributed by atoms with Gasteiger partial charge >= 0.3 is 5.97 Å². The van der Waals surface area contributed by atoms with Crippen molar-refractivity contribution in [3.8, 4) is 34.3 Å². The topological polar surface area (TPSA) is 151 Å². The molecule has 0 unspecified atom stereocenters. The Kier molecular flexibility index (Phi) is 6.83. The Labute approximate surface area is 202 Å². The number of carboxylic acid groups (broad SMARTS) is 1. The second-order valence-corrected chi connectivity index (χ2v) is 7.86. The van der Waals surface area contributed by atoms with Crippen LogP contribution >= 0.6 is 11.8 Å². The molecule has 2 heterocycles. The van der Waals surface area contributed by atoms with Gasteiger partial charge in [0.15, 0.2) is 0 Å². The number of para-hydroxylation sites is 1. The largest absolute Gasteiger partial charge is 0.497 e. The molecule has 0 aliphatic carbocycles. The third-order valence-electron chi connectivity index (χ3n) is 4.68. The van der Waals surface area contributed by atoms with Gasteiger partial charge in [-0.1, -0.05) is 12.1 Å². The third kappa shape index (κ3) is 5.33. The molecule has 0 saturated carbocycles. The average Bonchev–Trinajstić information content (AvgIpc) is 3.53. The number of furan rings is 1. The van der Waals surface area contributed by atoms with Crippen molar-refractivity contribution in [1.29, 1.82) is 0 Å². The average molecular weight is 495 g/mol. The molecule has 4 rings (SSSR count). The van der Waals surface area contributed by atoms with E-state index in [0.29, 0.717) is 17.1 Å². The van der Waals surface area contributed by atoms with Crippen LogP contribution in [0.4, 0.5) is 5.69 Å². The summed E-state index contributed by atoms with van der Waals surface area (Å²) in [5.41, 5.74) is 0.677. The standard InChI is InChI=1S/C23H17N3O8S/c1-31-15-9-13(10-16(11-15)32-2)21-24-25-23(34-21)35-20(22(27)28)12-14-7-8-19(33-14)17-5-3-4-6-18(17)26(29)30/h3-12H,1-2H3,(H,27,28)/b20-12-. The van der Waals surface area contributed by atoms with Crippen LogP contribution in [-0.4, -0.2) is 40.4 Å². The number of thioether (sulfide) groups is 1. The molecule has 12 heteroatoms. The van der Waals surface area contributed by atoms with Crippen LogP contribution in [0.25, 0.3) is 28.9 Å². The maximum atomic E-state index is 11.8. The lowest BCUT2D eigenvalue weighted by Gasteiger charge is -2.05. The molecule has 35 heavy (non-hydrogen) atoms. The number of aliphatic carboxylic acids is 1. The van der Waals surface area contributed by atoms with E-state index in [1.807, 2.05) is 0 Å². The number of rotatable bonds is 9. The molecular weight excluding hydrogens is 478 g/mol. The zero-order valence-electron chi connectivity index (χ0n) is 18.3. The zero-order valence-corrected chi connectivity index (χ0v) is 19.1. The van der Waals surface area contributed by atoms with E-state index >= 15 is 0 Å². The second kappa shape index (κ2) is 10.1. The van der Waals surface area contributed by atoms with Crippen molar-refractivity contribution in [2.45, 2.75) is 5.22 Å². The lowest BCUT2D eigenvalue weighted by Crippen LogP contribution is -1.96. The molecule has 2 aromatic carbocycles. The van der Waals surface area contributed by atoms with E-state index in [0.717, 1.165) is 11.8 Å². The van der Waals surface area contributed by atoms with Gasteiger partial charge in [-0.2, -0.15) is 0 Å². The van der Waals surface area contributed by atoms with E-state index in [4.69, 9.17) is 18.3 Å². The van der Waals surface area contributed by atoms with Crippen molar-refractivity contribution in [3.05, 3.63) is 75.4 Å². The molecule has 1 N–H and O–H groups in total. The van der Waals surface area contributed by atoms with Crippen molar-refractivity contribution in [2.75, 3.05) is 14.2 Å². The van der Waals surface area contributed by atoms with E-state index < -0.39 is 10.9 Å². The number of ether oxygens (including phenoxy) is 2. The van der Waals surface area contributed by atoms with Crippen LogP contribution in [0.15, 0.2) is 73.6 Å². The number of carboxylic acids is 1. The summed E-state index contributed by atoms with van der Waals surface area (Å²) in [6.45, 7) is 0. The van der Waals surface area contributed by atoms with E-state index in [1.165, 1.54) is 38.5 Å². The van der Waals surface area contributed by atoms with E-state index in [2.05, 4.69) is 10.2 Å². The van der Waals surface area contributed by atoms with Gasteiger partial charge in [0.2, 0.25) is 5.89 Å². The van der Waals surface area contributed by atoms with Gasteiger partial charge in [-0.25, -0.2) is 4.79 Å². The monoisotopic (exact) mass is 495 g/mol. The minimum atomic E-state index is -1.25.